The molecule has 6 nitrogen and oxygen atoms in total. The minimum Gasteiger partial charge on any atom is -0.473 e. The molecule has 0 saturated carbocycles. The van der Waals surface area contributed by atoms with E-state index in [1.54, 1.807) is 6.20 Å². The first kappa shape index (κ1) is 18.0. The number of aryl methyl sites for hydroxylation is 2. The number of nitrogens with zero attached hydrogens (tertiary/aromatic N) is 3. The number of hydrogen-bond donors (Lipinski definition) is 1. The van der Waals surface area contributed by atoms with Crippen LogP contribution in [0.2, 0.25) is 0 Å². The van der Waals surface area contributed by atoms with Gasteiger partial charge in [0.15, 0.2) is 6.73 Å². The van der Waals surface area contributed by atoms with E-state index in [2.05, 4.69) is 28.2 Å². The number of nitrogens with one attached hydrogen (secondary N) is 1. The number of benzene rings is 1. The molecule has 2 heterocycles. The molecule has 3 rings (SSSR count). The second kappa shape index (κ2) is 8.08. The van der Waals surface area contributed by atoms with Crippen molar-refractivity contribution in [2.75, 3.05) is 37.8 Å². The lowest BCUT2D eigenvalue weighted by Crippen LogP contribution is -2.52. The minimum absolute atomic E-state index is 0.0892. The van der Waals surface area contributed by atoms with Crippen LogP contribution in [0.15, 0.2) is 36.5 Å². The number of anilines is 1. The molecule has 0 bridgehead atoms. The monoisotopic (exact) mass is 354 g/mol. The average Bonchev–Trinajstić information content (AvgIpc) is 2.68. The van der Waals surface area contributed by atoms with Gasteiger partial charge < -0.3 is 19.9 Å². The molecule has 0 unspecified atom stereocenters. The van der Waals surface area contributed by atoms with Crippen LogP contribution in [0.3, 0.4) is 0 Å². The lowest BCUT2D eigenvalue weighted by molar-refractivity contribution is 0.181. The van der Waals surface area contributed by atoms with E-state index in [-0.39, 0.29) is 12.8 Å². The van der Waals surface area contributed by atoms with Crippen molar-refractivity contribution in [3.8, 4) is 5.75 Å². The van der Waals surface area contributed by atoms with Crippen LogP contribution in [-0.2, 0) is 0 Å². The number of hydrogen-bond acceptors (Lipinski definition) is 4. The highest BCUT2D eigenvalue weighted by molar-refractivity contribution is 5.74. The van der Waals surface area contributed by atoms with Crippen LogP contribution in [0.25, 0.3) is 0 Å². The third-order valence-electron chi connectivity index (χ3n) is 4.85. The average molecular weight is 354 g/mol. The Morgan fingerprint density at radius 2 is 1.81 bits per heavy atom. The Morgan fingerprint density at radius 1 is 1.08 bits per heavy atom. The molecule has 2 amide bonds. The van der Waals surface area contributed by atoms with Gasteiger partial charge in [-0.1, -0.05) is 18.2 Å². The van der Waals surface area contributed by atoms with Gasteiger partial charge in [0.2, 0.25) is 0 Å². The summed E-state index contributed by atoms with van der Waals surface area (Å²) in [7, 11) is 0. The van der Waals surface area contributed by atoms with Crippen LogP contribution in [0.1, 0.15) is 16.7 Å². The molecule has 6 heteroatoms. The fourth-order valence-electron chi connectivity index (χ4n) is 3.11. The molecule has 0 spiro atoms. The predicted molar refractivity (Wildman–Crippen MR) is 103 cm³/mol. The van der Waals surface area contributed by atoms with Gasteiger partial charge in [0, 0.05) is 32.4 Å². The molecule has 1 aliphatic heterocycles. The van der Waals surface area contributed by atoms with Crippen LogP contribution in [0.5, 0.6) is 5.75 Å². The summed E-state index contributed by atoms with van der Waals surface area (Å²) in [5, 5.41) is 2.86. The van der Waals surface area contributed by atoms with E-state index in [0.29, 0.717) is 13.1 Å². The summed E-state index contributed by atoms with van der Waals surface area (Å²) in [5.74, 6) is 1.81. The topological polar surface area (TPSA) is 57.7 Å². The summed E-state index contributed by atoms with van der Waals surface area (Å²) in [6, 6.07) is 9.91. The standard InChI is InChI=1S/C20H26N4O2/c1-15-7-8-16(2)19(17(15)3)26-14-22-20(25)24-12-10-23(11-13-24)18-6-4-5-9-21-18/h4-9H,10-14H2,1-3H3,(H,22,25). The Hall–Kier alpha value is -2.76. The molecule has 0 atom stereocenters. The van der Waals surface area contributed by atoms with E-state index >= 15 is 0 Å². The first-order valence-electron chi connectivity index (χ1n) is 8.94. The molecule has 138 valence electrons. The summed E-state index contributed by atoms with van der Waals surface area (Å²) in [4.78, 5) is 20.7. The number of urea groups is 1. The number of ether oxygens (including phenoxy) is 1. The van der Waals surface area contributed by atoms with E-state index in [1.165, 1.54) is 5.56 Å². The van der Waals surface area contributed by atoms with Gasteiger partial charge in [0.05, 0.1) is 0 Å². The Kier molecular flexibility index (Phi) is 5.61. The molecule has 26 heavy (non-hydrogen) atoms. The summed E-state index contributed by atoms with van der Waals surface area (Å²) in [6.07, 6.45) is 1.79. The number of rotatable bonds is 4. The lowest BCUT2D eigenvalue weighted by Gasteiger charge is -2.35. The second-order valence-electron chi connectivity index (χ2n) is 6.59. The van der Waals surface area contributed by atoms with Crippen LogP contribution >= 0.6 is 0 Å². The molecular weight excluding hydrogens is 328 g/mol. The molecule has 0 aliphatic carbocycles. The summed E-state index contributed by atoms with van der Waals surface area (Å²) >= 11 is 0. The molecule has 1 saturated heterocycles. The molecule has 1 N–H and O–H groups in total. The van der Waals surface area contributed by atoms with Gasteiger partial charge in [0.1, 0.15) is 11.6 Å². The van der Waals surface area contributed by atoms with Gasteiger partial charge in [-0.2, -0.15) is 0 Å². The maximum absolute atomic E-state index is 12.4. The fourth-order valence-corrected chi connectivity index (χ4v) is 3.11. The Bertz CT molecular complexity index is 756. The molecule has 1 aromatic heterocycles. The highest BCUT2D eigenvalue weighted by Crippen LogP contribution is 2.25. The quantitative estimate of drug-likeness (QED) is 0.858. The highest BCUT2D eigenvalue weighted by Gasteiger charge is 2.21. The van der Waals surface area contributed by atoms with Crippen molar-refractivity contribution in [1.29, 1.82) is 0 Å². The van der Waals surface area contributed by atoms with E-state index in [1.807, 2.05) is 43.0 Å². The molecule has 1 fully saturated rings. The van der Waals surface area contributed by atoms with Crippen molar-refractivity contribution in [2.45, 2.75) is 20.8 Å². The Morgan fingerprint density at radius 3 is 2.50 bits per heavy atom. The van der Waals surface area contributed by atoms with Crippen LogP contribution in [-0.4, -0.2) is 48.8 Å². The lowest BCUT2D eigenvalue weighted by atomic mass is 10.1. The summed E-state index contributed by atoms with van der Waals surface area (Å²) < 4.78 is 5.82. The van der Waals surface area contributed by atoms with Gasteiger partial charge in [-0.05, 0) is 49.6 Å². The number of carbonyl (C=O) groups is 1. The molecule has 0 radical (unpaired) electrons. The number of pyridine rings is 1. The zero-order valence-electron chi connectivity index (χ0n) is 15.7. The van der Waals surface area contributed by atoms with E-state index in [0.717, 1.165) is 35.8 Å². The van der Waals surface area contributed by atoms with Crippen molar-refractivity contribution in [1.82, 2.24) is 15.2 Å². The van der Waals surface area contributed by atoms with Gasteiger partial charge in [-0.25, -0.2) is 9.78 Å². The molecular formula is C20H26N4O2. The first-order valence-corrected chi connectivity index (χ1v) is 8.94. The van der Waals surface area contributed by atoms with Crippen molar-refractivity contribution in [3.05, 3.63) is 53.2 Å². The number of piperazine rings is 1. The van der Waals surface area contributed by atoms with E-state index in [9.17, 15) is 4.79 Å². The van der Waals surface area contributed by atoms with Crippen LogP contribution in [0, 0.1) is 20.8 Å². The normalized spacial score (nSPS) is 14.3. The molecule has 1 aliphatic rings. The molecule has 2 aromatic rings. The van der Waals surface area contributed by atoms with Gasteiger partial charge in [-0.3, -0.25) is 0 Å². The first-order chi connectivity index (χ1) is 12.6. The SMILES string of the molecule is Cc1ccc(C)c(OCNC(=O)N2CCN(c3ccccn3)CC2)c1C. The Labute approximate surface area is 154 Å². The Balaban J connectivity index is 1.47. The third-order valence-corrected chi connectivity index (χ3v) is 4.85. The largest absolute Gasteiger partial charge is 0.473 e. The highest BCUT2D eigenvalue weighted by atomic mass is 16.5. The van der Waals surface area contributed by atoms with Gasteiger partial charge >= 0.3 is 6.03 Å². The fraction of sp³-hybridized carbons (Fsp3) is 0.400. The second-order valence-corrected chi connectivity index (χ2v) is 6.59. The van der Waals surface area contributed by atoms with Crippen LogP contribution in [0.4, 0.5) is 10.6 Å². The predicted octanol–water partition coefficient (Wildman–Crippen LogP) is 2.87. The van der Waals surface area contributed by atoms with Crippen molar-refractivity contribution in [3.63, 3.8) is 0 Å². The van der Waals surface area contributed by atoms with Gasteiger partial charge in [0.25, 0.3) is 0 Å². The van der Waals surface area contributed by atoms with Crippen LogP contribution < -0.4 is 15.0 Å². The van der Waals surface area contributed by atoms with Crippen molar-refractivity contribution >= 4 is 11.8 Å². The summed E-state index contributed by atoms with van der Waals surface area (Å²) in [6.45, 7) is 9.18. The van der Waals surface area contributed by atoms with Crippen molar-refractivity contribution < 1.29 is 9.53 Å². The maximum atomic E-state index is 12.4. The third kappa shape index (κ3) is 4.07. The number of amides is 2. The molecule has 1 aromatic carbocycles. The summed E-state index contributed by atoms with van der Waals surface area (Å²) in [5.41, 5.74) is 3.37. The number of carbonyl (C=O) groups excluding carboxylic acids is 1. The smallest absolute Gasteiger partial charge is 0.320 e. The van der Waals surface area contributed by atoms with E-state index in [4.69, 9.17) is 4.74 Å². The van der Waals surface area contributed by atoms with Gasteiger partial charge in [-0.15, -0.1) is 0 Å². The maximum Gasteiger partial charge on any atom is 0.320 e. The number of aromatic nitrogens is 1. The van der Waals surface area contributed by atoms with Crippen molar-refractivity contribution in [2.24, 2.45) is 0 Å². The zero-order valence-corrected chi connectivity index (χ0v) is 15.7. The van der Waals surface area contributed by atoms with E-state index < -0.39 is 0 Å². The minimum atomic E-state index is -0.0892. The zero-order chi connectivity index (χ0) is 18.5.